The molecule has 0 saturated heterocycles. The van der Waals surface area contributed by atoms with Gasteiger partial charge in [0.25, 0.3) is 0 Å². The molecule has 1 unspecified atom stereocenters. The normalized spacial score (nSPS) is 18.4. The van der Waals surface area contributed by atoms with Crippen molar-refractivity contribution in [1.82, 2.24) is 0 Å². The average Bonchev–Trinajstić information content (AvgIpc) is 2.43. The lowest BCUT2D eigenvalue weighted by atomic mass is 10.0. The molecule has 1 aromatic carbocycles. The highest BCUT2D eigenvalue weighted by atomic mass is 16.7. The summed E-state index contributed by atoms with van der Waals surface area (Å²) in [5.74, 6) is 1.57. The Morgan fingerprint density at radius 1 is 1.32 bits per heavy atom. The van der Waals surface area contributed by atoms with Crippen molar-refractivity contribution in [2.45, 2.75) is 13.3 Å². The Labute approximate surface area is 112 Å². The van der Waals surface area contributed by atoms with E-state index < -0.39 is 0 Å². The van der Waals surface area contributed by atoms with Gasteiger partial charge in [0.05, 0.1) is 0 Å². The smallest absolute Gasteiger partial charge is 0.410 e. The van der Waals surface area contributed by atoms with E-state index in [1.807, 2.05) is 37.3 Å². The van der Waals surface area contributed by atoms with E-state index in [1.165, 1.54) is 0 Å². The lowest BCUT2D eigenvalue weighted by Gasteiger charge is -2.17. The molecule has 96 valence electrons. The van der Waals surface area contributed by atoms with Crippen LogP contribution in [0, 0.1) is 17.4 Å². The van der Waals surface area contributed by atoms with Crippen LogP contribution in [0.4, 0.5) is 0 Å². The van der Waals surface area contributed by atoms with Gasteiger partial charge in [-0.2, -0.15) is 5.26 Å². The Kier molecular flexibility index (Phi) is 4.35. The highest BCUT2D eigenvalue weighted by Crippen LogP contribution is 2.21. The summed E-state index contributed by atoms with van der Waals surface area (Å²) in [5, 5.41) is 8.68. The molecule has 0 N–H and O–H groups in total. The van der Waals surface area contributed by atoms with Crippen LogP contribution < -0.4 is 4.74 Å². The topological polar surface area (TPSA) is 54.6 Å². The van der Waals surface area contributed by atoms with E-state index in [9.17, 15) is 0 Å². The minimum absolute atomic E-state index is 0.0536. The van der Waals surface area contributed by atoms with Crippen molar-refractivity contribution in [2.75, 3.05) is 0 Å². The van der Waals surface area contributed by atoms with Crippen LogP contribution in [0.2, 0.25) is 0 Å². The average molecular weight is 254 g/mol. The van der Waals surface area contributed by atoms with Gasteiger partial charge < -0.3 is 9.47 Å². The zero-order valence-electron chi connectivity index (χ0n) is 10.6. The molecule has 0 amide bonds. The summed E-state index contributed by atoms with van der Waals surface area (Å²) in [4.78, 5) is 3.56. The standard InChI is InChI=1S/C15H14N2O2/c1-12-7-5-6-10-14(12)19-15(17-11-16)18-13-8-3-2-4-9-13/h2-6,8-10,12H,7H2,1H3. The Bertz CT molecular complexity index is 553. The van der Waals surface area contributed by atoms with Crippen LogP contribution in [0.5, 0.6) is 5.75 Å². The van der Waals surface area contributed by atoms with Crippen molar-refractivity contribution in [1.29, 1.82) is 5.26 Å². The summed E-state index contributed by atoms with van der Waals surface area (Å²) in [6.45, 7) is 2.04. The number of ether oxygens (including phenoxy) is 2. The maximum absolute atomic E-state index is 8.68. The fourth-order valence-corrected chi connectivity index (χ4v) is 1.66. The molecule has 4 heteroatoms. The first-order valence-corrected chi connectivity index (χ1v) is 6.04. The van der Waals surface area contributed by atoms with E-state index in [0.29, 0.717) is 5.75 Å². The second-order valence-corrected chi connectivity index (χ2v) is 4.13. The summed E-state index contributed by atoms with van der Waals surface area (Å²) in [7, 11) is 0. The lowest BCUT2D eigenvalue weighted by Crippen LogP contribution is -2.16. The molecule has 0 fully saturated rings. The number of allylic oxidation sites excluding steroid dienone is 4. The zero-order valence-corrected chi connectivity index (χ0v) is 10.6. The molecule has 0 spiro atoms. The van der Waals surface area contributed by atoms with Crippen molar-refractivity contribution in [3.63, 3.8) is 0 Å². The van der Waals surface area contributed by atoms with Gasteiger partial charge in [-0.05, 0) is 24.6 Å². The number of rotatable bonds is 2. The Balaban J connectivity index is 2.10. The Morgan fingerprint density at radius 2 is 2.11 bits per heavy atom. The van der Waals surface area contributed by atoms with E-state index in [-0.39, 0.29) is 12.0 Å². The fraction of sp³-hybridized carbons (Fsp3) is 0.200. The summed E-state index contributed by atoms with van der Waals surface area (Å²) in [6.07, 6.45) is 8.37. The number of nitriles is 1. The van der Waals surface area contributed by atoms with Crippen molar-refractivity contribution in [3.8, 4) is 11.9 Å². The molecule has 19 heavy (non-hydrogen) atoms. The number of para-hydroxylation sites is 1. The highest BCUT2D eigenvalue weighted by Gasteiger charge is 2.15. The number of benzene rings is 1. The number of hydrogen-bond acceptors (Lipinski definition) is 4. The third kappa shape index (κ3) is 3.71. The number of aliphatic imine (C=N–C) groups is 1. The molecule has 4 nitrogen and oxygen atoms in total. The van der Waals surface area contributed by atoms with E-state index in [2.05, 4.69) is 11.1 Å². The van der Waals surface area contributed by atoms with Gasteiger partial charge in [-0.1, -0.05) is 42.3 Å². The monoisotopic (exact) mass is 254 g/mol. The molecule has 1 atom stereocenters. The first-order chi connectivity index (χ1) is 9.29. The summed E-state index contributed by atoms with van der Waals surface area (Å²) in [6, 6.07) is 9.10. The second-order valence-electron chi connectivity index (χ2n) is 4.13. The minimum atomic E-state index is -0.0536. The third-order valence-corrected chi connectivity index (χ3v) is 2.67. The number of nitrogens with zero attached hydrogens (tertiary/aromatic N) is 2. The van der Waals surface area contributed by atoms with Crippen LogP contribution in [0.15, 0.2) is 59.3 Å². The van der Waals surface area contributed by atoms with Crippen molar-refractivity contribution in [2.24, 2.45) is 10.9 Å². The highest BCUT2D eigenvalue weighted by molar-refractivity contribution is 5.72. The Hall–Kier alpha value is -2.54. The molecule has 1 aromatic rings. The number of hydrogen-bond donors (Lipinski definition) is 0. The molecular weight excluding hydrogens is 240 g/mol. The van der Waals surface area contributed by atoms with Gasteiger partial charge in [-0.3, -0.25) is 0 Å². The zero-order chi connectivity index (χ0) is 13.5. The van der Waals surface area contributed by atoms with Gasteiger partial charge in [-0.15, -0.1) is 0 Å². The van der Waals surface area contributed by atoms with Crippen molar-refractivity contribution < 1.29 is 9.47 Å². The fourth-order valence-electron chi connectivity index (χ4n) is 1.66. The van der Waals surface area contributed by atoms with Gasteiger partial charge in [0.2, 0.25) is 6.19 Å². The molecule has 0 aliphatic heterocycles. The Morgan fingerprint density at radius 3 is 2.79 bits per heavy atom. The van der Waals surface area contributed by atoms with Crippen LogP contribution in [0.1, 0.15) is 13.3 Å². The molecule has 1 aliphatic carbocycles. The molecule has 0 saturated carbocycles. The molecule has 0 heterocycles. The molecule has 0 bridgehead atoms. The van der Waals surface area contributed by atoms with Gasteiger partial charge in [0.15, 0.2) is 0 Å². The summed E-state index contributed by atoms with van der Waals surface area (Å²) >= 11 is 0. The maximum atomic E-state index is 8.68. The largest absolute Gasteiger partial charge is 0.415 e. The van der Waals surface area contributed by atoms with Crippen LogP contribution in [-0.2, 0) is 4.74 Å². The maximum Gasteiger partial charge on any atom is 0.410 e. The van der Waals surface area contributed by atoms with Crippen LogP contribution >= 0.6 is 0 Å². The van der Waals surface area contributed by atoms with Crippen LogP contribution in [0.25, 0.3) is 0 Å². The van der Waals surface area contributed by atoms with E-state index in [1.54, 1.807) is 18.3 Å². The molecule has 0 aromatic heterocycles. The molecular formula is C15H14N2O2. The summed E-state index contributed by atoms with van der Waals surface area (Å²) < 4.78 is 11.0. The SMILES string of the molecule is CC1CC=CC=C1OC(=NC#N)Oc1ccccc1. The van der Waals surface area contributed by atoms with Crippen molar-refractivity contribution in [3.05, 3.63) is 54.3 Å². The van der Waals surface area contributed by atoms with Gasteiger partial charge in [0, 0.05) is 5.92 Å². The first kappa shape index (κ1) is 12.9. The lowest BCUT2D eigenvalue weighted by molar-refractivity contribution is 0.273. The van der Waals surface area contributed by atoms with Crippen molar-refractivity contribution >= 4 is 6.08 Å². The first-order valence-electron chi connectivity index (χ1n) is 6.04. The van der Waals surface area contributed by atoms with Gasteiger partial charge in [-0.25, -0.2) is 0 Å². The van der Waals surface area contributed by atoms with E-state index in [4.69, 9.17) is 14.7 Å². The third-order valence-electron chi connectivity index (χ3n) is 2.67. The second kappa shape index (κ2) is 6.41. The predicted octanol–water partition coefficient (Wildman–Crippen LogP) is 3.40. The van der Waals surface area contributed by atoms with Crippen LogP contribution in [-0.4, -0.2) is 6.08 Å². The predicted molar refractivity (Wildman–Crippen MR) is 72.2 cm³/mol. The van der Waals surface area contributed by atoms with E-state index >= 15 is 0 Å². The minimum Gasteiger partial charge on any atom is -0.415 e. The van der Waals surface area contributed by atoms with Gasteiger partial charge in [0.1, 0.15) is 11.5 Å². The molecule has 1 aliphatic rings. The van der Waals surface area contributed by atoms with Crippen LogP contribution in [0.3, 0.4) is 0 Å². The van der Waals surface area contributed by atoms with Gasteiger partial charge >= 0.3 is 6.08 Å². The quantitative estimate of drug-likeness (QED) is 0.461. The summed E-state index contributed by atoms with van der Waals surface area (Å²) in [5.41, 5.74) is 0. The molecule has 2 rings (SSSR count). The molecule has 0 radical (unpaired) electrons. The van der Waals surface area contributed by atoms with E-state index in [0.717, 1.165) is 12.2 Å².